The molecule has 300 valence electrons. The van der Waals surface area contributed by atoms with Gasteiger partial charge in [0.15, 0.2) is 5.58 Å². The van der Waals surface area contributed by atoms with Crippen molar-refractivity contribution in [2.75, 3.05) is 27.3 Å². The minimum absolute atomic E-state index is 0.118. The third kappa shape index (κ3) is 8.07. The third-order valence-corrected chi connectivity index (χ3v) is 10.8. The second kappa shape index (κ2) is 16.5. The van der Waals surface area contributed by atoms with Gasteiger partial charge in [-0.3, -0.25) is 9.59 Å². The molecule has 16 heteroatoms. The summed E-state index contributed by atoms with van der Waals surface area (Å²) in [5.74, 6) is 1.30. The topological polar surface area (TPSA) is 201 Å². The van der Waals surface area contributed by atoms with Gasteiger partial charge in [-0.15, -0.1) is 0 Å². The molecule has 0 radical (unpaired) electrons. The summed E-state index contributed by atoms with van der Waals surface area (Å²) in [7, 11) is 2.56. The number of methoxy groups -OCH3 is 2. The number of aromatic amines is 2. The molecule has 4 N–H and O–H groups in total. The van der Waals surface area contributed by atoms with Crippen LogP contribution in [0.15, 0.2) is 59.3 Å². The number of amides is 4. The normalized spacial score (nSPS) is 18.0. The molecule has 2 aliphatic heterocycles. The number of oxazole rings is 1. The average molecular weight is 780 g/mol. The summed E-state index contributed by atoms with van der Waals surface area (Å²) in [6.07, 6.45) is 5.43. The Hall–Kier alpha value is -6.19. The number of imidazole rings is 2. The molecule has 0 saturated carbocycles. The summed E-state index contributed by atoms with van der Waals surface area (Å²) in [5, 5.41) is 5.37. The minimum atomic E-state index is -0.708. The van der Waals surface area contributed by atoms with Gasteiger partial charge in [0, 0.05) is 24.2 Å². The zero-order valence-corrected chi connectivity index (χ0v) is 33.0. The Morgan fingerprint density at radius 3 is 1.68 bits per heavy atom. The molecule has 2 fully saturated rings. The summed E-state index contributed by atoms with van der Waals surface area (Å²) in [6.45, 7) is 8.71. The Kier molecular flexibility index (Phi) is 11.3. The van der Waals surface area contributed by atoms with Gasteiger partial charge in [-0.2, -0.15) is 0 Å². The zero-order valence-electron chi connectivity index (χ0n) is 33.0. The van der Waals surface area contributed by atoms with E-state index in [9.17, 15) is 19.2 Å². The lowest BCUT2D eigenvalue weighted by molar-refractivity contribution is -0.136. The number of carbonyl (C=O) groups is 4. The van der Waals surface area contributed by atoms with Gasteiger partial charge in [0.25, 0.3) is 0 Å². The van der Waals surface area contributed by atoms with Gasteiger partial charge in [0.2, 0.25) is 17.7 Å². The van der Waals surface area contributed by atoms with Crippen molar-refractivity contribution in [3.63, 3.8) is 0 Å². The molecule has 0 aliphatic carbocycles. The van der Waals surface area contributed by atoms with E-state index in [0.717, 1.165) is 53.8 Å². The highest BCUT2D eigenvalue weighted by Crippen LogP contribution is 2.35. The number of alkyl carbamates (subject to hydrolysis) is 2. The van der Waals surface area contributed by atoms with Crippen LogP contribution in [0.5, 0.6) is 0 Å². The van der Waals surface area contributed by atoms with Crippen LogP contribution in [0.3, 0.4) is 0 Å². The van der Waals surface area contributed by atoms with Crippen LogP contribution in [0.1, 0.15) is 77.1 Å². The van der Waals surface area contributed by atoms with Gasteiger partial charge >= 0.3 is 12.2 Å². The number of nitrogens with zero attached hydrogens (tertiary/aromatic N) is 5. The maximum Gasteiger partial charge on any atom is 0.407 e. The predicted octanol–water partition coefficient (Wildman–Crippen LogP) is 6.36. The van der Waals surface area contributed by atoms with Crippen molar-refractivity contribution < 1.29 is 33.1 Å². The van der Waals surface area contributed by atoms with Crippen LogP contribution in [0.25, 0.3) is 45.1 Å². The van der Waals surface area contributed by atoms with Crippen molar-refractivity contribution in [3.05, 3.63) is 66.5 Å². The molecule has 5 aromatic rings. The molecule has 4 atom stereocenters. The molecular weight excluding hydrogens is 731 g/mol. The molecule has 7 rings (SSSR count). The lowest BCUT2D eigenvalue weighted by Gasteiger charge is -2.30. The molecule has 5 heterocycles. The van der Waals surface area contributed by atoms with Gasteiger partial charge in [-0.05, 0) is 73.4 Å². The van der Waals surface area contributed by atoms with Crippen molar-refractivity contribution in [1.29, 1.82) is 0 Å². The molecule has 2 aliphatic rings. The number of aromatic nitrogens is 5. The Morgan fingerprint density at radius 2 is 1.19 bits per heavy atom. The molecule has 4 unspecified atom stereocenters. The minimum Gasteiger partial charge on any atom is -0.453 e. The number of H-pyrrole nitrogens is 2. The fourth-order valence-corrected chi connectivity index (χ4v) is 7.70. The van der Waals surface area contributed by atoms with Crippen molar-refractivity contribution in [3.8, 4) is 34.0 Å². The molecule has 3 aromatic heterocycles. The van der Waals surface area contributed by atoms with Crippen molar-refractivity contribution >= 4 is 35.1 Å². The number of likely N-dealkylation sites (tertiary alicyclic amines) is 2. The largest absolute Gasteiger partial charge is 0.453 e. The Balaban J connectivity index is 1.03. The highest BCUT2D eigenvalue weighted by molar-refractivity contribution is 5.87. The summed E-state index contributed by atoms with van der Waals surface area (Å²) < 4.78 is 15.7. The number of hydrogen-bond donors (Lipinski definition) is 4. The van der Waals surface area contributed by atoms with E-state index in [2.05, 4.69) is 30.6 Å². The van der Waals surface area contributed by atoms with Crippen LogP contribution in [0, 0.1) is 11.8 Å². The number of fused-ring (bicyclic) bond motifs is 1. The standard InChI is InChI=1S/C41H49N9O7/c1-22(2)33(47-40(53)55-5)38(51)49-17-7-9-30(49)35-42-20-28(44-35)24-11-13-25(14-12-24)37-46-27-19-26(15-16-32(27)57-37)29-21-43-36(45-29)31-10-8-18-50(31)39(52)34(23(3)4)48-41(54)56-6/h11-16,19-23,30-31,33-34H,7-10,17-18H2,1-6H3,(H,42,44)(H,43,45)(H,47,53)(H,48,54). The van der Waals surface area contributed by atoms with E-state index in [1.54, 1.807) is 22.2 Å². The molecule has 4 amide bonds. The highest BCUT2D eigenvalue weighted by atomic mass is 16.5. The van der Waals surface area contributed by atoms with Crippen molar-refractivity contribution in [1.82, 2.24) is 45.4 Å². The van der Waals surface area contributed by atoms with E-state index in [1.165, 1.54) is 14.2 Å². The number of hydrogen-bond acceptors (Lipinski definition) is 10. The lowest BCUT2D eigenvalue weighted by atomic mass is 10.0. The zero-order chi connectivity index (χ0) is 40.4. The number of nitrogens with one attached hydrogen (secondary N) is 4. The summed E-state index contributed by atoms with van der Waals surface area (Å²) in [6, 6.07) is 11.7. The fourth-order valence-electron chi connectivity index (χ4n) is 7.70. The van der Waals surface area contributed by atoms with E-state index in [0.29, 0.717) is 41.7 Å². The molecule has 0 spiro atoms. The molecule has 2 aromatic carbocycles. The highest BCUT2D eigenvalue weighted by Gasteiger charge is 2.39. The maximum absolute atomic E-state index is 13.6. The summed E-state index contributed by atoms with van der Waals surface area (Å²) in [4.78, 5) is 75.6. The van der Waals surface area contributed by atoms with E-state index in [1.807, 2.05) is 70.2 Å². The quantitative estimate of drug-likeness (QED) is 0.117. The van der Waals surface area contributed by atoms with Crippen LogP contribution < -0.4 is 10.6 Å². The van der Waals surface area contributed by atoms with Crippen LogP contribution >= 0.6 is 0 Å². The SMILES string of the molecule is COC(=O)NC(C(=O)N1CCCC1c1ncc(-c2ccc(-c3nc4cc(-c5cnc(C6CCCN6C(=O)C(NC(=O)OC)C(C)C)[nH]5)ccc4o3)cc2)[nH]1)C(C)C. The van der Waals surface area contributed by atoms with E-state index in [4.69, 9.17) is 18.9 Å². The number of benzene rings is 2. The van der Waals surface area contributed by atoms with Crippen molar-refractivity contribution in [2.24, 2.45) is 11.8 Å². The molecule has 0 bridgehead atoms. The monoisotopic (exact) mass is 779 g/mol. The summed E-state index contributed by atoms with van der Waals surface area (Å²) in [5.41, 5.74) is 5.51. The van der Waals surface area contributed by atoms with E-state index < -0.39 is 24.3 Å². The number of rotatable bonds is 11. The first-order chi connectivity index (χ1) is 27.4. The van der Waals surface area contributed by atoms with Crippen molar-refractivity contribution in [2.45, 2.75) is 77.5 Å². The predicted molar refractivity (Wildman–Crippen MR) is 210 cm³/mol. The van der Waals surface area contributed by atoms with Crippen LogP contribution in [-0.4, -0.2) is 98.1 Å². The van der Waals surface area contributed by atoms with Crippen LogP contribution in [0.2, 0.25) is 0 Å². The number of ether oxygens (including phenoxy) is 2. The second-order valence-corrected chi connectivity index (χ2v) is 15.2. The number of carbonyl (C=O) groups excluding carboxylic acids is 4. The van der Waals surface area contributed by atoms with Gasteiger partial charge < -0.3 is 44.3 Å². The van der Waals surface area contributed by atoms with Crippen LogP contribution in [0.4, 0.5) is 9.59 Å². The average Bonchev–Trinajstić information content (AvgIpc) is 4.06. The Morgan fingerprint density at radius 1 is 0.719 bits per heavy atom. The lowest BCUT2D eigenvalue weighted by Crippen LogP contribution is -2.51. The van der Waals surface area contributed by atoms with Crippen LogP contribution in [-0.2, 0) is 19.1 Å². The molecule has 57 heavy (non-hydrogen) atoms. The Bertz CT molecular complexity index is 2240. The maximum atomic E-state index is 13.6. The molecule has 16 nitrogen and oxygen atoms in total. The second-order valence-electron chi connectivity index (χ2n) is 15.2. The first kappa shape index (κ1) is 39.1. The van der Waals surface area contributed by atoms with E-state index in [-0.39, 0.29) is 35.7 Å². The smallest absolute Gasteiger partial charge is 0.407 e. The van der Waals surface area contributed by atoms with Gasteiger partial charge in [0.1, 0.15) is 29.2 Å². The molecular formula is C41H49N9O7. The molecule has 2 saturated heterocycles. The first-order valence-corrected chi connectivity index (χ1v) is 19.4. The van der Waals surface area contributed by atoms with E-state index >= 15 is 0 Å². The third-order valence-electron chi connectivity index (χ3n) is 10.8. The van der Waals surface area contributed by atoms with Gasteiger partial charge in [-0.25, -0.2) is 24.5 Å². The first-order valence-electron chi connectivity index (χ1n) is 19.4. The fraction of sp³-hybridized carbons (Fsp3) is 0.439. The Labute approximate surface area is 330 Å². The van der Waals surface area contributed by atoms with Gasteiger partial charge in [0.05, 0.1) is 50.1 Å². The summed E-state index contributed by atoms with van der Waals surface area (Å²) >= 11 is 0. The van der Waals surface area contributed by atoms with Gasteiger partial charge in [-0.1, -0.05) is 39.8 Å².